The second-order valence-corrected chi connectivity index (χ2v) is 8.49. The van der Waals surface area contributed by atoms with Crippen molar-refractivity contribution in [2.24, 2.45) is 11.8 Å². The minimum absolute atomic E-state index is 0.0316. The molecule has 0 aromatic rings. The van der Waals surface area contributed by atoms with Crippen LogP contribution < -0.4 is 5.32 Å². The lowest BCUT2D eigenvalue weighted by atomic mass is 10.00. The smallest absolute Gasteiger partial charge is 0.243 e. The van der Waals surface area contributed by atoms with E-state index < -0.39 is 12.1 Å². The Kier molecular flexibility index (Phi) is 11.2. The first-order valence-corrected chi connectivity index (χ1v) is 9.83. The van der Waals surface area contributed by atoms with Crippen LogP contribution >= 0.6 is 0 Å². The fourth-order valence-corrected chi connectivity index (χ4v) is 2.98. The first-order chi connectivity index (χ1) is 12.3. The van der Waals surface area contributed by atoms with Crippen LogP contribution in [0.5, 0.6) is 0 Å². The van der Waals surface area contributed by atoms with Gasteiger partial charge in [0.05, 0.1) is 19.1 Å². The maximum atomic E-state index is 12.8. The Balaban J connectivity index is 5.03. The van der Waals surface area contributed by atoms with Gasteiger partial charge in [0, 0.05) is 20.1 Å². The highest BCUT2D eigenvalue weighted by Crippen LogP contribution is 2.13. The van der Waals surface area contributed by atoms with Crippen molar-refractivity contribution in [1.82, 2.24) is 15.1 Å². The SMILES string of the molecule is CC(C)C[C@H](C)NC(=O)[C@H](CC(C)C)N(C)C(=O)CN(C)C(=O)C[C@@H](C)O. The van der Waals surface area contributed by atoms with Gasteiger partial charge in [-0.3, -0.25) is 14.4 Å². The number of carbonyl (C=O) groups excluding carboxylic acids is 3. The summed E-state index contributed by atoms with van der Waals surface area (Å²) in [6.45, 7) is 11.6. The van der Waals surface area contributed by atoms with E-state index in [1.54, 1.807) is 7.05 Å². The van der Waals surface area contributed by atoms with Crippen LogP contribution in [0.1, 0.15) is 60.8 Å². The molecule has 3 amide bonds. The predicted molar refractivity (Wildman–Crippen MR) is 107 cm³/mol. The lowest BCUT2D eigenvalue weighted by Crippen LogP contribution is -2.52. The number of aliphatic hydroxyl groups is 1. The Morgan fingerprint density at radius 2 is 1.41 bits per heavy atom. The third-order valence-electron chi connectivity index (χ3n) is 4.34. The second-order valence-electron chi connectivity index (χ2n) is 8.49. The number of carbonyl (C=O) groups is 3. The Morgan fingerprint density at radius 3 is 1.85 bits per heavy atom. The van der Waals surface area contributed by atoms with Crippen molar-refractivity contribution >= 4 is 17.7 Å². The monoisotopic (exact) mass is 385 g/mol. The first kappa shape index (κ1) is 25.4. The van der Waals surface area contributed by atoms with Gasteiger partial charge < -0.3 is 20.2 Å². The van der Waals surface area contributed by atoms with E-state index in [-0.39, 0.29) is 42.6 Å². The summed E-state index contributed by atoms with van der Waals surface area (Å²) >= 11 is 0. The number of hydrogen-bond acceptors (Lipinski definition) is 4. The van der Waals surface area contributed by atoms with Crippen molar-refractivity contribution in [3.05, 3.63) is 0 Å². The van der Waals surface area contributed by atoms with E-state index in [0.29, 0.717) is 12.3 Å². The summed E-state index contributed by atoms with van der Waals surface area (Å²) in [5, 5.41) is 12.3. The molecule has 7 heteroatoms. The van der Waals surface area contributed by atoms with Crippen LogP contribution in [0.4, 0.5) is 0 Å². The number of amides is 3. The quantitative estimate of drug-likeness (QED) is 0.566. The van der Waals surface area contributed by atoms with Crippen LogP contribution in [-0.4, -0.2) is 71.5 Å². The average Bonchev–Trinajstić information content (AvgIpc) is 2.49. The number of rotatable bonds is 11. The molecule has 0 bridgehead atoms. The van der Waals surface area contributed by atoms with E-state index >= 15 is 0 Å². The summed E-state index contributed by atoms with van der Waals surface area (Å²) in [7, 11) is 3.13. The molecule has 0 saturated carbocycles. The maximum absolute atomic E-state index is 12.8. The molecule has 7 nitrogen and oxygen atoms in total. The van der Waals surface area contributed by atoms with Crippen LogP contribution in [-0.2, 0) is 14.4 Å². The van der Waals surface area contributed by atoms with Crippen molar-refractivity contribution in [3.8, 4) is 0 Å². The van der Waals surface area contributed by atoms with Crippen molar-refractivity contribution in [3.63, 3.8) is 0 Å². The van der Waals surface area contributed by atoms with Crippen molar-refractivity contribution in [1.29, 1.82) is 0 Å². The second kappa shape index (κ2) is 12.0. The summed E-state index contributed by atoms with van der Waals surface area (Å²) < 4.78 is 0. The molecule has 0 heterocycles. The number of nitrogens with one attached hydrogen (secondary N) is 1. The standard InChI is InChI=1S/C20H39N3O4/c1-13(2)9-15(5)21-20(27)17(10-14(3)4)23(8)19(26)12-22(7)18(25)11-16(6)24/h13-17,24H,9-12H2,1-8H3,(H,21,27)/t15-,16+,17-/m0/s1. The maximum Gasteiger partial charge on any atom is 0.243 e. The zero-order valence-electron chi connectivity index (χ0n) is 18.3. The Hall–Kier alpha value is -1.63. The largest absolute Gasteiger partial charge is 0.393 e. The Bertz CT molecular complexity index is 492. The van der Waals surface area contributed by atoms with Gasteiger partial charge in [0.25, 0.3) is 0 Å². The Morgan fingerprint density at radius 1 is 0.889 bits per heavy atom. The summed E-state index contributed by atoms with van der Waals surface area (Å²) in [6, 6.07) is -0.543. The zero-order valence-corrected chi connectivity index (χ0v) is 18.3. The zero-order chi connectivity index (χ0) is 21.3. The Labute approximate surface area is 164 Å². The molecule has 0 aliphatic rings. The molecule has 2 N–H and O–H groups in total. The predicted octanol–water partition coefficient (Wildman–Crippen LogP) is 1.64. The molecule has 0 aliphatic heterocycles. The molecule has 3 atom stereocenters. The average molecular weight is 386 g/mol. The normalized spacial score (nSPS) is 14.6. The highest BCUT2D eigenvalue weighted by molar-refractivity contribution is 5.90. The molecule has 0 rings (SSSR count). The molecular formula is C20H39N3O4. The minimum atomic E-state index is -0.755. The van der Waals surface area contributed by atoms with Crippen molar-refractivity contribution in [2.75, 3.05) is 20.6 Å². The van der Waals surface area contributed by atoms with Crippen molar-refractivity contribution in [2.45, 2.75) is 79.0 Å². The van der Waals surface area contributed by atoms with E-state index in [1.807, 2.05) is 20.8 Å². The molecule has 158 valence electrons. The summed E-state index contributed by atoms with van der Waals surface area (Å²) in [5.74, 6) is -0.0515. The van der Waals surface area contributed by atoms with Gasteiger partial charge in [-0.1, -0.05) is 27.7 Å². The van der Waals surface area contributed by atoms with Gasteiger partial charge in [0.15, 0.2) is 0 Å². The molecule has 27 heavy (non-hydrogen) atoms. The summed E-state index contributed by atoms with van der Waals surface area (Å²) in [5.41, 5.74) is 0. The van der Waals surface area contributed by atoms with E-state index in [1.165, 1.54) is 23.8 Å². The fourth-order valence-electron chi connectivity index (χ4n) is 2.98. The lowest BCUT2D eigenvalue weighted by Gasteiger charge is -2.31. The minimum Gasteiger partial charge on any atom is -0.393 e. The van der Waals surface area contributed by atoms with Gasteiger partial charge in [0.1, 0.15) is 6.04 Å². The van der Waals surface area contributed by atoms with Crippen LogP contribution in [0.2, 0.25) is 0 Å². The van der Waals surface area contributed by atoms with Crippen LogP contribution in [0, 0.1) is 11.8 Å². The highest BCUT2D eigenvalue weighted by Gasteiger charge is 2.29. The van der Waals surface area contributed by atoms with Crippen LogP contribution in [0.25, 0.3) is 0 Å². The van der Waals surface area contributed by atoms with Crippen LogP contribution in [0.15, 0.2) is 0 Å². The number of hydrogen-bond donors (Lipinski definition) is 2. The molecule has 0 saturated heterocycles. The van der Waals surface area contributed by atoms with Gasteiger partial charge in [-0.25, -0.2) is 0 Å². The first-order valence-electron chi connectivity index (χ1n) is 9.83. The van der Waals surface area contributed by atoms with Crippen molar-refractivity contribution < 1.29 is 19.5 Å². The topological polar surface area (TPSA) is 90.0 Å². The van der Waals surface area contributed by atoms with Gasteiger partial charge in [-0.05, 0) is 38.5 Å². The molecule has 0 unspecified atom stereocenters. The van der Waals surface area contributed by atoms with Gasteiger partial charge in [-0.2, -0.15) is 0 Å². The molecule has 0 aromatic carbocycles. The molecule has 0 aromatic heterocycles. The lowest BCUT2D eigenvalue weighted by molar-refractivity contribution is -0.144. The third-order valence-corrected chi connectivity index (χ3v) is 4.34. The number of aliphatic hydroxyl groups excluding tert-OH is 1. The van der Waals surface area contributed by atoms with Gasteiger partial charge >= 0.3 is 0 Å². The third kappa shape index (κ3) is 10.3. The molecule has 0 fully saturated rings. The van der Waals surface area contributed by atoms with E-state index in [2.05, 4.69) is 19.2 Å². The highest BCUT2D eigenvalue weighted by atomic mass is 16.3. The molecule has 0 radical (unpaired) electrons. The summed E-state index contributed by atoms with van der Waals surface area (Å²) in [4.78, 5) is 40.1. The van der Waals surface area contributed by atoms with E-state index in [0.717, 1.165) is 6.42 Å². The van der Waals surface area contributed by atoms with E-state index in [9.17, 15) is 19.5 Å². The molecule has 0 aliphatic carbocycles. The summed E-state index contributed by atoms with van der Waals surface area (Å²) in [6.07, 6.45) is 0.632. The van der Waals surface area contributed by atoms with E-state index in [4.69, 9.17) is 0 Å². The number of likely N-dealkylation sites (N-methyl/N-ethyl adjacent to an activating group) is 2. The number of nitrogens with zero attached hydrogens (tertiary/aromatic N) is 2. The van der Waals surface area contributed by atoms with Gasteiger partial charge in [0.2, 0.25) is 17.7 Å². The molecule has 0 spiro atoms. The van der Waals surface area contributed by atoms with Crippen LogP contribution in [0.3, 0.4) is 0 Å². The molecular weight excluding hydrogens is 346 g/mol. The fraction of sp³-hybridized carbons (Fsp3) is 0.850. The van der Waals surface area contributed by atoms with Gasteiger partial charge in [-0.15, -0.1) is 0 Å².